The summed E-state index contributed by atoms with van der Waals surface area (Å²) in [5, 5.41) is 4.05. The number of nitrogens with zero attached hydrogens (tertiary/aromatic N) is 4. The molecule has 1 N–H and O–H groups in total. The van der Waals surface area contributed by atoms with E-state index in [0.29, 0.717) is 19.6 Å². The van der Waals surface area contributed by atoms with Crippen LogP contribution in [0.15, 0.2) is 24.3 Å². The minimum absolute atomic E-state index is 0.164. The molecule has 3 aliphatic rings. The van der Waals surface area contributed by atoms with E-state index in [2.05, 4.69) is 21.2 Å². The molecule has 1 aromatic rings. The van der Waals surface area contributed by atoms with E-state index in [1.165, 1.54) is 5.69 Å². The number of hydrogen-bond donors (Lipinski definition) is 1. The van der Waals surface area contributed by atoms with Crippen molar-refractivity contribution in [2.24, 2.45) is 5.41 Å². The Labute approximate surface area is 196 Å². The van der Waals surface area contributed by atoms with Crippen LogP contribution in [0.3, 0.4) is 0 Å². The second kappa shape index (κ2) is 9.98. The highest BCUT2D eigenvalue weighted by Gasteiger charge is 2.48. The summed E-state index contributed by atoms with van der Waals surface area (Å²) in [6, 6.07) is 8.32. The van der Waals surface area contributed by atoms with Crippen LogP contribution in [0.25, 0.3) is 0 Å². The van der Waals surface area contributed by atoms with Gasteiger partial charge in [-0.25, -0.2) is 0 Å². The van der Waals surface area contributed by atoms with Crippen molar-refractivity contribution in [2.75, 3.05) is 71.4 Å². The van der Waals surface area contributed by atoms with Gasteiger partial charge in [-0.1, -0.05) is 17.7 Å². The molecule has 3 heterocycles. The zero-order chi connectivity index (χ0) is 22.7. The molecule has 1 atom stereocenters. The zero-order valence-corrected chi connectivity index (χ0v) is 20.1. The van der Waals surface area contributed by atoms with E-state index in [1.807, 2.05) is 42.1 Å². The van der Waals surface area contributed by atoms with Crippen molar-refractivity contribution >= 4 is 29.1 Å². The molecular formula is C24H36ClN5O2. The van der Waals surface area contributed by atoms with Crippen LogP contribution in [-0.2, 0) is 9.59 Å². The van der Waals surface area contributed by atoms with Crippen molar-refractivity contribution in [1.29, 1.82) is 0 Å². The van der Waals surface area contributed by atoms with Gasteiger partial charge in [-0.05, 0) is 58.0 Å². The first-order valence-electron chi connectivity index (χ1n) is 11.8. The normalized spacial score (nSPS) is 23.8. The molecule has 2 amide bonds. The molecule has 3 saturated heterocycles. The lowest BCUT2D eigenvalue weighted by molar-refractivity contribution is -0.138. The van der Waals surface area contributed by atoms with Crippen LogP contribution < -0.4 is 10.2 Å². The van der Waals surface area contributed by atoms with Crippen LogP contribution in [0.2, 0.25) is 5.02 Å². The summed E-state index contributed by atoms with van der Waals surface area (Å²) < 4.78 is 0. The Morgan fingerprint density at radius 3 is 2.53 bits per heavy atom. The molecule has 0 bridgehead atoms. The van der Waals surface area contributed by atoms with E-state index in [0.717, 1.165) is 63.4 Å². The molecule has 0 aromatic heterocycles. The summed E-state index contributed by atoms with van der Waals surface area (Å²) in [7, 11) is 3.82. The first kappa shape index (κ1) is 23.3. The fraction of sp³-hybridized carbons (Fsp3) is 0.667. The number of carbonyl (C=O) groups excluding carboxylic acids is 2. The predicted molar refractivity (Wildman–Crippen MR) is 128 cm³/mol. The zero-order valence-electron chi connectivity index (χ0n) is 19.4. The Morgan fingerprint density at radius 2 is 1.88 bits per heavy atom. The molecule has 32 heavy (non-hydrogen) atoms. The Bertz CT molecular complexity index is 816. The standard InChI is InChI=1S/C24H36ClN5O2/c1-27(2)18-22(31)30-10-7-24(8-11-30)17-20(26-23(24)32)6-9-28-12-14-29(15-13-28)21-5-3-4-19(25)16-21/h3-5,16,20H,6-15,17-18H2,1-2H3,(H,26,32)/t20-/m0/s1. The number of piperidine rings is 1. The number of halogens is 1. The van der Waals surface area contributed by atoms with E-state index >= 15 is 0 Å². The van der Waals surface area contributed by atoms with Gasteiger partial charge in [0.15, 0.2) is 0 Å². The topological polar surface area (TPSA) is 59.1 Å². The molecule has 8 heteroatoms. The maximum atomic E-state index is 12.8. The summed E-state index contributed by atoms with van der Waals surface area (Å²) in [4.78, 5) is 33.9. The average molecular weight is 462 g/mol. The number of benzene rings is 1. The summed E-state index contributed by atoms with van der Waals surface area (Å²) in [6.07, 6.45) is 3.47. The summed E-state index contributed by atoms with van der Waals surface area (Å²) in [5.74, 6) is 0.365. The van der Waals surface area contributed by atoms with Gasteiger partial charge in [-0.3, -0.25) is 14.5 Å². The molecule has 1 spiro atoms. The van der Waals surface area contributed by atoms with Gasteiger partial charge in [0.1, 0.15) is 0 Å². The molecule has 4 rings (SSSR count). The van der Waals surface area contributed by atoms with Gasteiger partial charge in [-0.2, -0.15) is 0 Å². The van der Waals surface area contributed by atoms with Crippen molar-refractivity contribution < 1.29 is 9.59 Å². The molecule has 3 fully saturated rings. The second-order valence-corrected chi connectivity index (χ2v) is 10.3. The van der Waals surface area contributed by atoms with Crippen LogP contribution in [0, 0.1) is 5.41 Å². The van der Waals surface area contributed by atoms with Crippen molar-refractivity contribution in [2.45, 2.75) is 31.7 Å². The smallest absolute Gasteiger partial charge is 0.236 e. The molecule has 0 unspecified atom stereocenters. The minimum atomic E-state index is -0.273. The number of rotatable bonds is 6. The highest BCUT2D eigenvalue weighted by Crippen LogP contribution is 2.41. The fourth-order valence-electron chi connectivity index (χ4n) is 5.35. The van der Waals surface area contributed by atoms with Crippen molar-refractivity contribution in [3.05, 3.63) is 29.3 Å². The van der Waals surface area contributed by atoms with Crippen LogP contribution >= 0.6 is 11.6 Å². The first-order valence-corrected chi connectivity index (χ1v) is 12.2. The quantitative estimate of drug-likeness (QED) is 0.701. The molecule has 7 nitrogen and oxygen atoms in total. The van der Waals surface area contributed by atoms with Gasteiger partial charge >= 0.3 is 0 Å². The number of nitrogens with one attached hydrogen (secondary N) is 1. The lowest BCUT2D eigenvalue weighted by atomic mass is 9.75. The number of carbonyl (C=O) groups is 2. The lowest BCUT2D eigenvalue weighted by Gasteiger charge is -2.38. The number of anilines is 1. The van der Waals surface area contributed by atoms with Gasteiger partial charge in [0, 0.05) is 62.6 Å². The monoisotopic (exact) mass is 461 g/mol. The first-order chi connectivity index (χ1) is 15.3. The van der Waals surface area contributed by atoms with E-state index in [1.54, 1.807) is 0 Å². The number of piperazine rings is 1. The SMILES string of the molecule is CN(C)CC(=O)N1CCC2(CC1)C[C@H](CCN1CCN(c3cccc(Cl)c3)CC1)NC2=O. The Hall–Kier alpha value is -1.83. The lowest BCUT2D eigenvalue weighted by Crippen LogP contribution is -2.48. The van der Waals surface area contributed by atoms with E-state index in [9.17, 15) is 9.59 Å². The summed E-state index contributed by atoms with van der Waals surface area (Å²) in [5.41, 5.74) is 0.919. The largest absolute Gasteiger partial charge is 0.369 e. The van der Waals surface area contributed by atoms with Gasteiger partial charge in [0.25, 0.3) is 0 Å². The number of likely N-dealkylation sites (N-methyl/N-ethyl adjacent to an activating group) is 1. The molecule has 0 radical (unpaired) electrons. The molecule has 0 aliphatic carbocycles. The van der Waals surface area contributed by atoms with Crippen LogP contribution in [0.1, 0.15) is 25.7 Å². The third kappa shape index (κ3) is 5.38. The summed E-state index contributed by atoms with van der Waals surface area (Å²) >= 11 is 6.14. The van der Waals surface area contributed by atoms with E-state index < -0.39 is 0 Å². The fourth-order valence-corrected chi connectivity index (χ4v) is 5.54. The molecule has 3 aliphatic heterocycles. The second-order valence-electron chi connectivity index (χ2n) is 9.87. The van der Waals surface area contributed by atoms with Crippen LogP contribution in [-0.4, -0.2) is 99.0 Å². The third-order valence-corrected chi connectivity index (χ3v) is 7.55. The highest BCUT2D eigenvalue weighted by molar-refractivity contribution is 6.30. The number of likely N-dealkylation sites (tertiary alicyclic amines) is 1. The number of amides is 2. The van der Waals surface area contributed by atoms with Gasteiger partial charge in [-0.15, -0.1) is 0 Å². The van der Waals surface area contributed by atoms with E-state index in [4.69, 9.17) is 11.6 Å². The molecular weight excluding hydrogens is 426 g/mol. The molecule has 1 aromatic carbocycles. The third-order valence-electron chi connectivity index (χ3n) is 7.32. The van der Waals surface area contributed by atoms with Gasteiger partial charge in [0.05, 0.1) is 12.0 Å². The maximum Gasteiger partial charge on any atom is 0.236 e. The predicted octanol–water partition coefficient (Wildman–Crippen LogP) is 1.91. The maximum absolute atomic E-state index is 12.8. The van der Waals surface area contributed by atoms with Crippen molar-refractivity contribution in [3.8, 4) is 0 Å². The Kier molecular flexibility index (Phi) is 7.27. The van der Waals surface area contributed by atoms with Crippen LogP contribution in [0.5, 0.6) is 0 Å². The Balaban J connectivity index is 1.21. The van der Waals surface area contributed by atoms with E-state index in [-0.39, 0.29) is 23.3 Å². The average Bonchev–Trinajstić information content (AvgIpc) is 3.07. The molecule has 176 valence electrons. The van der Waals surface area contributed by atoms with Crippen molar-refractivity contribution in [3.63, 3.8) is 0 Å². The minimum Gasteiger partial charge on any atom is -0.369 e. The molecule has 0 saturated carbocycles. The number of hydrogen-bond acceptors (Lipinski definition) is 5. The van der Waals surface area contributed by atoms with Crippen LogP contribution in [0.4, 0.5) is 5.69 Å². The van der Waals surface area contributed by atoms with Gasteiger partial charge < -0.3 is 20.0 Å². The Morgan fingerprint density at radius 1 is 1.16 bits per heavy atom. The highest BCUT2D eigenvalue weighted by atomic mass is 35.5. The van der Waals surface area contributed by atoms with Gasteiger partial charge in [0.2, 0.25) is 11.8 Å². The van der Waals surface area contributed by atoms with Crippen molar-refractivity contribution in [1.82, 2.24) is 20.0 Å². The summed E-state index contributed by atoms with van der Waals surface area (Å²) in [6.45, 7) is 6.89.